The predicted molar refractivity (Wildman–Crippen MR) is 572 cm³/mol. The summed E-state index contributed by atoms with van der Waals surface area (Å²) in [6.45, 7) is 11.3. The lowest BCUT2D eigenvalue weighted by Crippen LogP contribution is -2.14. The van der Waals surface area contributed by atoms with Gasteiger partial charge in [-0.15, -0.1) is 0 Å². The molecule has 0 atom stereocenters. The molecule has 0 N–H and O–H groups in total. The highest BCUT2D eigenvalue weighted by atomic mass is 15.1. The number of rotatable bonds is 6. The van der Waals surface area contributed by atoms with E-state index in [1.165, 1.54) is 270 Å². The Morgan fingerprint density at radius 1 is 0.174 bits per heavy atom. The van der Waals surface area contributed by atoms with Gasteiger partial charge in [0.15, 0.2) is 0 Å². The van der Waals surface area contributed by atoms with E-state index in [0.29, 0.717) is 0 Å². The number of benzene rings is 22. The van der Waals surface area contributed by atoms with E-state index in [9.17, 15) is 0 Å². The first-order chi connectivity index (χ1) is 64.7. The Morgan fingerprint density at radius 3 is 0.939 bits per heavy atom. The van der Waals surface area contributed by atoms with Gasteiger partial charge >= 0.3 is 0 Å². The molecule has 3 nitrogen and oxygen atoms in total. The van der Waals surface area contributed by atoms with Crippen LogP contribution in [0.2, 0.25) is 0 Å². The highest BCUT2D eigenvalue weighted by molar-refractivity contribution is 6.28. The molecule has 22 aromatic rings. The summed E-state index contributed by atoms with van der Waals surface area (Å²) in [5.41, 5.74) is 39.3. The monoisotopic (exact) mass is 1690 g/mol. The molecule has 0 radical (unpaired) electrons. The minimum absolute atomic E-state index is 0.0506. The number of aryl methyl sites for hydroxylation is 3. The van der Waals surface area contributed by atoms with E-state index in [1.807, 2.05) is 0 Å². The molecular formula is C129H95N3. The lowest BCUT2D eigenvalue weighted by Gasteiger charge is -2.24. The molecule has 0 aromatic heterocycles. The maximum Gasteiger partial charge on any atom is 0.0488 e. The van der Waals surface area contributed by atoms with Crippen molar-refractivity contribution in [1.29, 1.82) is 0 Å². The third-order valence-corrected chi connectivity index (χ3v) is 28.8. The summed E-state index contributed by atoms with van der Waals surface area (Å²) in [5.74, 6) is 0. The highest BCUT2D eigenvalue weighted by Crippen LogP contribution is 2.55. The number of hydrogen-bond acceptors (Lipinski definition) is 3. The fraction of sp³-hybridized carbons (Fsp3) is 0.0698. The van der Waals surface area contributed by atoms with E-state index < -0.39 is 0 Å². The first kappa shape index (κ1) is 79.2. The van der Waals surface area contributed by atoms with Gasteiger partial charge in [0.2, 0.25) is 0 Å². The van der Waals surface area contributed by atoms with E-state index in [0.717, 1.165) is 0 Å². The molecule has 3 heteroatoms. The molecule has 0 amide bonds. The van der Waals surface area contributed by atoms with Crippen molar-refractivity contribution in [2.45, 2.75) is 40.0 Å². The molecular weight excluding hydrogens is 1590 g/mol. The van der Waals surface area contributed by atoms with Crippen LogP contribution in [0.25, 0.3) is 211 Å². The third-order valence-electron chi connectivity index (χ3n) is 28.8. The van der Waals surface area contributed by atoms with Crippen LogP contribution in [0.4, 0.5) is 34.1 Å². The number of hydrogen-bond donors (Lipinski definition) is 0. The lowest BCUT2D eigenvalue weighted by atomic mass is 9.80. The molecule has 132 heavy (non-hydrogen) atoms. The first-order valence-electron chi connectivity index (χ1n) is 46.2. The van der Waals surface area contributed by atoms with Crippen LogP contribution in [0.3, 0.4) is 0 Å². The summed E-state index contributed by atoms with van der Waals surface area (Å²) in [5, 5.41) is 23.1. The van der Waals surface area contributed by atoms with Gasteiger partial charge in [-0.05, 0) is 289 Å². The standard InChI is InChI=1S/C45H35N.C44H31N.C40H29N/c1-28-17-23-37-38(25-28)44(32-21-20-30-19-18-29-11-5-10-16-41(29)46(4)42(30)27-32)36-14-7-6-13-35(36)43(37)31-22-24-34-33-12-8-9-15-39(33)45(2,3)40(34)26-31;1-28-19-24-38-39(25-28)43(32-23-22-30-21-20-29-11-4-10-18-41(29)45(2)42(30)27-32)36-16-8-9-17-37(36)44(38)40-26-31-12-3-5-13-33(31)34-14-6-7-15-35(34)40;1-26-18-23-35-36(24-26)39(30-22-21-29-20-19-28-11-4-8-17-37(28)41(2)38(29)25-30)33-14-6-7-15-34(33)40(35)32-16-9-12-27-10-3-5-13-31(27)32/h5-27H,1-4H3;3-27H,1-2H3;3-25H,1-2H3. The van der Waals surface area contributed by atoms with Crippen LogP contribution >= 0.6 is 0 Å². The van der Waals surface area contributed by atoms with Gasteiger partial charge in [0.05, 0.1) is 0 Å². The molecule has 26 rings (SSSR count). The van der Waals surface area contributed by atoms with E-state index in [2.05, 4.69) is 501 Å². The van der Waals surface area contributed by atoms with Crippen molar-refractivity contribution in [3.8, 4) is 77.9 Å². The average molecular weight is 1690 g/mol. The van der Waals surface area contributed by atoms with Crippen LogP contribution in [-0.4, -0.2) is 21.1 Å². The SMILES string of the molecule is Cc1ccc2c(-c3cc4ccccc4c4ccccc34)c3ccccc3c(-c3ccc4c(c3)N(C)c3ccccc3C=C4)c2c1.Cc1ccc2c(-c3ccc4c(c3)C(C)(C)c3ccccc3-4)c3ccccc3c(-c3ccc4c(c3)N(C)c3ccccc3C=C4)c2c1.Cc1ccc2c(-c3cccc4ccccc34)c3ccccc3c(-c3ccc4c(c3)N(C)c3ccccc3C=C4)c2c1. The summed E-state index contributed by atoms with van der Waals surface area (Å²) in [6.07, 6.45) is 13.4. The van der Waals surface area contributed by atoms with Crippen LogP contribution < -0.4 is 14.7 Å². The molecule has 0 unspecified atom stereocenters. The number of fused-ring (bicyclic) bond motifs is 19. The van der Waals surface area contributed by atoms with Gasteiger partial charge in [-0.3, -0.25) is 0 Å². The Bertz CT molecular complexity index is 8720. The minimum Gasteiger partial charge on any atom is -0.344 e. The van der Waals surface area contributed by atoms with Crippen molar-refractivity contribution in [2.75, 3.05) is 35.8 Å². The summed E-state index contributed by atoms with van der Waals surface area (Å²) in [7, 11) is 6.55. The molecule has 22 aromatic carbocycles. The fourth-order valence-electron chi connectivity index (χ4n) is 22.4. The van der Waals surface area contributed by atoms with Crippen molar-refractivity contribution < 1.29 is 0 Å². The number of para-hydroxylation sites is 3. The minimum atomic E-state index is -0.0506. The second-order valence-corrected chi connectivity index (χ2v) is 36.9. The predicted octanol–water partition coefficient (Wildman–Crippen LogP) is 35.4. The fourth-order valence-corrected chi connectivity index (χ4v) is 22.4. The van der Waals surface area contributed by atoms with Gasteiger partial charge in [-0.25, -0.2) is 0 Å². The van der Waals surface area contributed by atoms with Crippen LogP contribution in [-0.2, 0) is 5.41 Å². The molecule has 0 saturated heterocycles. The zero-order chi connectivity index (χ0) is 88.7. The molecule has 3 aliphatic heterocycles. The molecule has 626 valence electrons. The second-order valence-electron chi connectivity index (χ2n) is 36.9. The quantitative estimate of drug-likeness (QED) is 0.121. The van der Waals surface area contributed by atoms with Crippen molar-refractivity contribution in [3.63, 3.8) is 0 Å². The second kappa shape index (κ2) is 31.6. The van der Waals surface area contributed by atoms with Crippen molar-refractivity contribution >= 4 is 168 Å². The third kappa shape index (κ3) is 13.0. The molecule has 1 aliphatic carbocycles. The van der Waals surface area contributed by atoms with Crippen molar-refractivity contribution in [3.05, 3.63) is 456 Å². The normalized spacial score (nSPS) is 13.1. The molecule has 4 aliphatic rings. The maximum absolute atomic E-state index is 2.47. The van der Waals surface area contributed by atoms with Gasteiger partial charge in [-0.2, -0.15) is 0 Å². The molecule has 0 saturated carbocycles. The topological polar surface area (TPSA) is 9.72 Å². The first-order valence-corrected chi connectivity index (χ1v) is 46.2. The average Bonchev–Trinajstić information content (AvgIpc) is 1.09. The summed E-state index contributed by atoms with van der Waals surface area (Å²) >= 11 is 0. The van der Waals surface area contributed by atoms with Gasteiger partial charge in [-0.1, -0.05) is 413 Å². The maximum atomic E-state index is 2.47. The molecule has 3 heterocycles. The highest BCUT2D eigenvalue weighted by Gasteiger charge is 2.36. The van der Waals surface area contributed by atoms with E-state index in [-0.39, 0.29) is 5.41 Å². The Kier molecular flexibility index (Phi) is 19.0. The van der Waals surface area contributed by atoms with Crippen LogP contribution in [0, 0.1) is 20.8 Å². The van der Waals surface area contributed by atoms with Crippen LogP contribution in [0.15, 0.2) is 394 Å². The molecule has 0 fully saturated rings. The Labute approximate surface area is 771 Å². The largest absolute Gasteiger partial charge is 0.344 e. The van der Waals surface area contributed by atoms with E-state index in [1.54, 1.807) is 0 Å². The van der Waals surface area contributed by atoms with Gasteiger partial charge in [0.1, 0.15) is 0 Å². The van der Waals surface area contributed by atoms with E-state index >= 15 is 0 Å². The zero-order valence-electron chi connectivity index (χ0n) is 75.3. The zero-order valence-corrected chi connectivity index (χ0v) is 75.3. The summed E-state index contributed by atoms with van der Waals surface area (Å²) in [4.78, 5) is 7.00. The lowest BCUT2D eigenvalue weighted by molar-refractivity contribution is 0.660. The number of anilines is 6. The Balaban J connectivity index is 0.000000109. The van der Waals surface area contributed by atoms with Crippen molar-refractivity contribution in [1.82, 2.24) is 0 Å². The van der Waals surface area contributed by atoms with Crippen molar-refractivity contribution in [2.24, 2.45) is 0 Å². The van der Waals surface area contributed by atoms with Crippen LogP contribution in [0.1, 0.15) is 75.0 Å². The number of nitrogens with zero attached hydrogens (tertiary/aromatic N) is 3. The van der Waals surface area contributed by atoms with E-state index in [4.69, 9.17) is 0 Å². The molecule has 0 bridgehead atoms. The molecule has 0 spiro atoms. The Morgan fingerprint density at radius 2 is 0.477 bits per heavy atom. The van der Waals surface area contributed by atoms with Crippen LogP contribution in [0.5, 0.6) is 0 Å². The smallest absolute Gasteiger partial charge is 0.0488 e. The Hall–Kier alpha value is -16.2. The summed E-state index contributed by atoms with van der Waals surface area (Å²) < 4.78 is 0. The van der Waals surface area contributed by atoms with Gasteiger partial charge in [0, 0.05) is 60.7 Å². The summed E-state index contributed by atoms with van der Waals surface area (Å²) in [6, 6.07) is 146. The van der Waals surface area contributed by atoms with Gasteiger partial charge in [0.25, 0.3) is 0 Å². The van der Waals surface area contributed by atoms with Gasteiger partial charge < -0.3 is 14.7 Å².